The summed E-state index contributed by atoms with van der Waals surface area (Å²) in [5.74, 6) is -2.10. The van der Waals surface area contributed by atoms with Gasteiger partial charge in [-0.15, -0.1) is 10.2 Å². The van der Waals surface area contributed by atoms with Crippen LogP contribution in [0.15, 0.2) is 127 Å². The summed E-state index contributed by atoms with van der Waals surface area (Å²) < 4.78 is 0. The number of carbonyl (C=O) groups is 6. The normalized spacial score (nSPS) is 13.5. The number of carbonyl (C=O) groups excluding carboxylic acids is 6. The molecule has 10 rings (SSSR count). The Bertz CT molecular complexity index is 2890. The summed E-state index contributed by atoms with van der Waals surface area (Å²) in [6.45, 7) is 0. The first-order valence-corrected chi connectivity index (χ1v) is 17.8. The Morgan fingerprint density at radius 2 is 0.579 bits per heavy atom. The summed E-state index contributed by atoms with van der Waals surface area (Å²) in [5, 5.41) is 22.2. The van der Waals surface area contributed by atoms with Crippen molar-refractivity contribution in [1.29, 1.82) is 0 Å². The van der Waals surface area contributed by atoms with Gasteiger partial charge in [0.15, 0.2) is 46.3 Å². The summed E-state index contributed by atoms with van der Waals surface area (Å²) in [6, 6.07) is 34.2. The van der Waals surface area contributed by atoms with Gasteiger partial charge in [0.25, 0.3) is 0 Å². The first-order valence-electron chi connectivity index (χ1n) is 17.8. The Labute approximate surface area is 322 Å². The Morgan fingerprint density at radius 1 is 0.298 bits per heavy atom. The summed E-state index contributed by atoms with van der Waals surface area (Å²) in [5.41, 5.74) is 3.33. The Kier molecular flexibility index (Phi) is 7.41. The molecule has 6 aromatic carbocycles. The minimum atomic E-state index is -0.387. The van der Waals surface area contributed by atoms with Crippen molar-refractivity contribution in [2.75, 3.05) is 16.0 Å². The molecule has 3 aliphatic carbocycles. The van der Waals surface area contributed by atoms with Crippen LogP contribution in [0.5, 0.6) is 0 Å². The zero-order chi connectivity index (χ0) is 38.9. The lowest BCUT2D eigenvalue weighted by Gasteiger charge is -2.24. The van der Waals surface area contributed by atoms with Crippen LogP contribution >= 0.6 is 0 Å². The largest absolute Gasteiger partial charge is 0.349 e. The number of nitrogens with zero attached hydrogens (tertiary/aromatic N) is 3. The van der Waals surface area contributed by atoms with Crippen LogP contribution in [0.1, 0.15) is 95.5 Å². The van der Waals surface area contributed by atoms with E-state index in [-0.39, 0.29) is 125 Å². The van der Waals surface area contributed by atoms with E-state index in [9.17, 15) is 28.8 Å². The van der Waals surface area contributed by atoms with Crippen molar-refractivity contribution in [2.45, 2.75) is 0 Å². The van der Waals surface area contributed by atoms with Crippen molar-refractivity contribution in [3.8, 4) is 0 Å². The Balaban J connectivity index is 1.13. The van der Waals surface area contributed by atoms with Crippen LogP contribution in [-0.4, -0.2) is 50.1 Å². The topological polar surface area (TPSA) is 177 Å². The van der Waals surface area contributed by atoms with Crippen molar-refractivity contribution >= 4 is 69.1 Å². The molecule has 1 heterocycles. The second-order valence-corrected chi connectivity index (χ2v) is 13.5. The lowest BCUT2D eigenvalue weighted by atomic mass is 9.83. The lowest BCUT2D eigenvalue weighted by molar-refractivity contribution is 0.0979. The van der Waals surface area contributed by atoms with E-state index in [2.05, 4.69) is 31.4 Å². The van der Waals surface area contributed by atoms with Crippen molar-refractivity contribution in [1.82, 2.24) is 15.4 Å². The molecule has 3 N–H and O–H groups in total. The maximum Gasteiger partial charge on any atom is 0.196 e. The van der Waals surface area contributed by atoms with Gasteiger partial charge < -0.3 is 16.0 Å². The van der Waals surface area contributed by atoms with Crippen LogP contribution in [0.4, 0.5) is 34.4 Å². The maximum absolute atomic E-state index is 14.1. The molecule has 1 aromatic heterocycles. The fourth-order valence-electron chi connectivity index (χ4n) is 7.75. The third-order valence-corrected chi connectivity index (χ3v) is 10.4. The predicted octanol–water partition coefficient (Wildman–Crippen LogP) is 7.43. The molecule has 12 heteroatoms. The average Bonchev–Trinajstić information content (AvgIpc) is 3.24. The molecule has 3 aliphatic rings. The van der Waals surface area contributed by atoms with E-state index in [4.69, 9.17) is 0 Å². The minimum Gasteiger partial charge on any atom is -0.349 e. The molecule has 0 unspecified atom stereocenters. The van der Waals surface area contributed by atoms with Gasteiger partial charge in [0.05, 0.1) is 33.8 Å². The number of nitrogens with one attached hydrogen (secondary N) is 3. The lowest BCUT2D eigenvalue weighted by Crippen LogP contribution is -2.23. The van der Waals surface area contributed by atoms with Gasteiger partial charge in [0.1, 0.15) is 5.69 Å². The number of aromatic nitrogens is 3. The smallest absolute Gasteiger partial charge is 0.196 e. The SMILES string of the molecule is O=C1c2ccccc2C(=O)c2c(Nc3nnnc(Nc4cccc5c4C(=O)c4ccccc4C5=O)c3Nc3cccc4c3C(=O)c3ccccc3C4=O)cccc21. The highest BCUT2D eigenvalue weighted by Gasteiger charge is 2.35. The van der Waals surface area contributed by atoms with Gasteiger partial charge in [0.2, 0.25) is 0 Å². The van der Waals surface area contributed by atoms with Crippen molar-refractivity contribution in [3.63, 3.8) is 0 Å². The molecule has 0 fully saturated rings. The second kappa shape index (κ2) is 12.7. The number of hydrogen-bond acceptors (Lipinski definition) is 12. The van der Waals surface area contributed by atoms with Crippen molar-refractivity contribution in [3.05, 3.63) is 194 Å². The number of hydrogen-bond donors (Lipinski definition) is 3. The standard InChI is InChI=1S/C45H24N6O6/c52-38-22-10-1-4-13-25(22)41(55)34-28(38)16-7-19-31(34)46-37-44(47-32-20-8-17-29-35(32)42(56)26-14-5-2-11-23(26)39(29)53)49-51-50-45(37)48-33-21-9-18-30-36(33)43(57)27-15-6-3-12-24(27)40(30)54/h1-21H,(H,46,51)(H2,47,48,49,50). The second-order valence-electron chi connectivity index (χ2n) is 13.5. The highest BCUT2D eigenvalue weighted by Crippen LogP contribution is 2.41. The van der Waals surface area contributed by atoms with Gasteiger partial charge >= 0.3 is 0 Å². The fourth-order valence-corrected chi connectivity index (χ4v) is 7.75. The average molecular weight is 745 g/mol. The van der Waals surface area contributed by atoms with Gasteiger partial charge in [-0.1, -0.05) is 109 Å². The third-order valence-electron chi connectivity index (χ3n) is 10.4. The zero-order valence-electron chi connectivity index (χ0n) is 29.4. The number of fused-ring (bicyclic) bond motifs is 6. The van der Waals surface area contributed by atoms with Crippen LogP contribution in [-0.2, 0) is 0 Å². The van der Waals surface area contributed by atoms with Gasteiger partial charge in [-0.3, -0.25) is 28.8 Å². The summed E-state index contributed by atoms with van der Waals surface area (Å²) >= 11 is 0. The summed E-state index contributed by atoms with van der Waals surface area (Å²) in [6.07, 6.45) is 0. The van der Waals surface area contributed by atoms with Crippen molar-refractivity contribution < 1.29 is 28.8 Å². The van der Waals surface area contributed by atoms with Gasteiger partial charge in [0, 0.05) is 50.1 Å². The Hall–Kier alpha value is -8.25. The number of benzene rings is 6. The molecule has 12 nitrogen and oxygen atoms in total. The molecule has 7 aromatic rings. The van der Waals surface area contributed by atoms with Crippen LogP contribution < -0.4 is 16.0 Å². The molecule has 0 radical (unpaired) electrons. The first-order chi connectivity index (χ1) is 27.8. The molecule has 0 atom stereocenters. The number of anilines is 6. The molecule has 270 valence electrons. The van der Waals surface area contributed by atoms with E-state index < -0.39 is 0 Å². The third kappa shape index (κ3) is 5.04. The highest BCUT2D eigenvalue weighted by molar-refractivity contribution is 6.32. The van der Waals surface area contributed by atoms with E-state index >= 15 is 0 Å². The molecule has 0 saturated carbocycles. The molecule has 0 amide bonds. The van der Waals surface area contributed by atoms with E-state index in [1.807, 2.05) is 0 Å². The zero-order valence-corrected chi connectivity index (χ0v) is 29.4. The number of ketones is 6. The summed E-state index contributed by atoms with van der Waals surface area (Å²) in [7, 11) is 0. The van der Waals surface area contributed by atoms with Crippen LogP contribution in [0.25, 0.3) is 0 Å². The first kappa shape index (κ1) is 33.3. The predicted molar refractivity (Wildman–Crippen MR) is 209 cm³/mol. The molecular formula is C45H24N6O6. The molecular weight excluding hydrogens is 721 g/mol. The van der Waals surface area contributed by atoms with E-state index in [0.717, 1.165) is 0 Å². The van der Waals surface area contributed by atoms with E-state index in [0.29, 0.717) is 11.1 Å². The van der Waals surface area contributed by atoms with Crippen molar-refractivity contribution in [2.24, 2.45) is 0 Å². The molecule has 0 spiro atoms. The van der Waals surface area contributed by atoms with Crippen LogP contribution in [0.3, 0.4) is 0 Å². The Morgan fingerprint density at radius 3 is 0.912 bits per heavy atom. The van der Waals surface area contributed by atoms with Gasteiger partial charge in [-0.05, 0) is 23.4 Å². The molecule has 0 aliphatic heterocycles. The minimum absolute atomic E-state index is 0.00476. The number of rotatable bonds is 6. The van der Waals surface area contributed by atoms with Gasteiger partial charge in [-0.25, -0.2) is 0 Å². The molecule has 57 heavy (non-hydrogen) atoms. The molecule has 0 saturated heterocycles. The maximum atomic E-state index is 14.1. The van der Waals surface area contributed by atoms with Crippen LogP contribution in [0.2, 0.25) is 0 Å². The summed E-state index contributed by atoms with van der Waals surface area (Å²) in [4.78, 5) is 82.9. The fraction of sp³-hybridized carbons (Fsp3) is 0. The molecule has 0 bridgehead atoms. The van der Waals surface area contributed by atoms with E-state index in [1.54, 1.807) is 127 Å². The highest BCUT2D eigenvalue weighted by atomic mass is 16.2. The van der Waals surface area contributed by atoms with E-state index in [1.165, 1.54) is 0 Å². The quantitative estimate of drug-likeness (QED) is 0.154. The van der Waals surface area contributed by atoms with Crippen LogP contribution in [0, 0.1) is 0 Å². The van der Waals surface area contributed by atoms with Gasteiger partial charge in [-0.2, -0.15) is 0 Å². The monoisotopic (exact) mass is 744 g/mol.